The fourth-order valence-corrected chi connectivity index (χ4v) is 5.11. The third kappa shape index (κ3) is 7.67. The van der Waals surface area contributed by atoms with Crippen molar-refractivity contribution in [3.05, 3.63) is 48.0 Å². The quantitative estimate of drug-likeness (QED) is 0.544. The number of nitrogens with one attached hydrogen (secondary N) is 2. The van der Waals surface area contributed by atoms with E-state index in [4.69, 9.17) is 9.47 Å². The molecule has 1 fully saturated rings. The number of ether oxygens (including phenoxy) is 2. The van der Waals surface area contributed by atoms with Gasteiger partial charge < -0.3 is 14.8 Å². The Morgan fingerprint density at radius 1 is 0.970 bits per heavy atom. The first kappa shape index (κ1) is 24.9. The van der Waals surface area contributed by atoms with Gasteiger partial charge in [0.15, 0.2) is 6.61 Å². The highest BCUT2D eigenvalue weighted by Crippen LogP contribution is 2.24. The second-order valence-electron chi connectivity index (χ2n) is 8.39. The average molecular weight is 475 g/mol. The maximum Gasteiger partial charge on any atom is 0.261 e. The maximum atomic E-state index is 12.8. The second-order valence-corrected chi connectivity index (χ2v) is 10.1. The van der Waals surface area contributed by atoms with Crippen molar-refractivity contribution in [2.24, 2.45) is 0 Å². The average Bonchev–Trinajstić information content (AvgIpc) is 2.76. The molecule has 1 aliphatic carbocycles. The Hall–Kier alpha value is -2.74. The lowest BCUT2D eigenvalue weighted by Gasteiger charge is -2.21. The lowest BCUT2D eigenvalue weighted by atomic mass is 9.97. The molecular formula is C25H34N2O5S. The third-order valence-corrected chi connectivity index (χ3v) is 7.08. The Labute approximate surface area is 196 Å². The van der Waals surface area contributed by atoms with Crippen molar-refractivity contribution < 1.29 is 22.7 Å². The second kappa shape index (κ2) is 11.9. The van der Waals surface area contributed by atoms with Crippen LogP contribution in [0.1, 0.15) is 57.4 Å². The highest BCUT2D eigenvalue weighted by atomic mass is 32.2. The fourth-order valence-electron chi connectivity index (χ4n) is 3.96. The van der Waals surface area contributed by atoms with Gasteiger partial charge >= 0.3 is 0 Å². The molecule has 180 valence electrons. The van der Waals surface area contributed by atoms with Gasteiger partial charge in [0.2, 0.25) is 0 Å². The van der Waals surface area contributed by atoms with Gasteiger partial charge in [-0.25, -0.2) is 8.42 Å². The Bertz CT molecular complexity index is 1010. The van der Waals surface area contributed by atoms with E-state index in [1.165, 1.54) is 25.3 Å². The zero-order valence-corrected chi connectivity index (χ0v) is 20.2. The van der Waals surface area contributed by atoms with Gasteiger partial charge in [-0.2, -0.15) is 0 Å². The molecule has 0 unspecified atom stereocenters. The van der Waals surface area contributed by atoms with Crippen LogP contribution in [0.25, 0.3) is 0 Å². The van der Waals surface area contributed by atoms with Gasteiger partial charge in [0.25, 0.3) is 15.9 Å². The standard InChI is InChI=1S/C25H34N2O5S/c1-3-31-22-13-11-21(12-14-22)27-33(29,30)23-15-16-24(19(2)17-23)32-18-25(28)26-20-9-7-5-4-6-8-10-20/h11-17,20,27H,3-10,18H2,1-2H3,(H,26,28). The molecule has 3 rings (SSSR count). The molecule has 2 aromatic rings. The molecule has 0 aromatic heterocycles. The van der Waals surface area contributed by atoms with Crippen molar-refractivity contribution in [3.8, 4) is 11.5 Å². The highest BCUT2D eigenvalue weighted by molar-refractivity contribution is 7.92. The molecule has 0 spiro atoms. The van der Waals surface area contributed by atoms with E-state index in [1.54, 1.807) is 43.3 Å². The summed E-state index contributed by atoms with van der Waals surface area (Å²) in [5, 5.41) is 3.07. The number of amides is 1. The molecule has 1 saturated carbocycles. The van der Waals surface area contributed by atoms with Crippen molar-refractivity contribution in [1.29, 1.82) is 0 Å². The van der Waals surface area contributed by atoms with Crippen LogP contribution in [0.5, 0.6) is 11.5 Å². The normalized spacial score (nSPS) is 15.2. The monoisotopic (exact) mass is 474 g/mol. The van der Waals surface area contributed by atoms with Crippen LogP contribution in [0.15, 0.2) is 47.4 Å². The number of benzene rings is 2. The van der Waals surface area contributed by atoms with Gasteiger partial charge in [-0.05, 0) is 74.7 Å². The van der Waals surface area contributed by atoms with Gasteiger partial charge in [-0.3, -0.25) is 9.52 Å². The number of aryl methyl sites for hydroxylation is 1. The lowest BCUT2D eigenvalue weighted by Crippen LogP contribution is -2.38. The van der Waals surface area contributed by atoms with Crippen LogP contribution in [0, 0.1) is 6.92 Å². The summed E-state index contributed by atoms with van der Waals surface area (Å²) in [7, 11) is -3.76. The zero-order chi connectivity index (χ0) is 23.7. The molecule has 0 radical (unpaired) electrons. The molecule has 33 heavy (non-hydrogen) atoms. The molecule has 7 nitrogen and oxygen atoms in total. The molecule has 0 saturated heterocycles. The zero-order valence-electron chi connectivity index (χ0n) is 19.4. The fraction of sp³-hybridized carbons (Fsp3) is 0.480. The number of carbonyl (C=O) groups is 1. The summed E-state index contributed by atoms with van der Waals surface area (Å²) in [6, 6.07) is 11.6. The first-order valence-electron chi connectivity index (χ1n) is 11.7. The molecule has 1 amide bonds. The van der Waals surface area contributed by atoms with E-state index in [2.05, 4.69) is 10.0 Å². The molecule has 0 atom stereocenters. The summed E-state index contributed by atoms with van der Waals surface area (Å²) in [5.41, 5.74) is 1.09. The molecule has 1 aliphatic rings. The first-order chi connectivity index (χ1) is 15.9. The van der Waals surface area contributed by atoms with Crippen LogP contribution in [0.2, 0.25) is 0 Å². The summed E-state index contributed by atoms with van der Waals surface area (Å²) < 4.78 is 39.2. The van der Waals surface area contributed by atoms with Crippen molar-refractivity contribution in [2.45, 2.75) is 69.7 Å². The summed E-state index contributed by atoms with van der Waals surface area (Å²) in [6.45, 7) is 4.10. The van der Waals surface area contributed by atoms with Crippen LogP contribution < -0.4 is 19.5 Å². The number of hydrogen-bond donors (Lipinski definition) is 2. The van der Waals surface area contributed by atoms with Crippen LogP contribution in [-0.2, 0) is 14.8 Å². The molecule has 2 N–H and O–H groups in total. The minimum absolute atomic E-state index is 0.0894. The number of carbonyl (C=O) groups excluding carboxylic acids is 1. The highest BCUT2D eigenvalue weighted by Gasteiger charge is 2.17. The SMILES string of the molecule is CCOc1ccc(NS(=O)(=O)c2ccc(OCC(=O)NC3CCCCCCC3)c(C)c2)cc1. The minimum Gasteiger partial charge on any atom is -0.494 e. The predicted octanol–water partition coefficient (Wildman–Crippen LogP) is 4.80. The van der Waals surface area contributed by atoms with Crippen LogP contribution in [0.3, 0.4) is 0 Å². The Kier molecular flexibility index (Phi) is 9.00. The van der Waals surface area contributed by atoms with Crippen molar-refractivity contribution in [2.75, 3.05) is 17.9 Å². The van der Waals surface area contributed by atoms with E-state index in [1.807, 2.05) is 6.92 Å². The van der Waals surface area contributed by atoms with E-state index in [9.17, 15) is 13.2 Å². The van der Waals surface area contributed by atoms with Crippen molar-refractivity contribution >= 4 is 21.6 Å². The number of anilines is 1. The Morgan fingerprint density at radius 2 is 1.64 bits per heavy atom. The van der Waals surface area contributed by atoms with Gasteiger partial charge in [-0.15, -0.1) is 0 Å². The van der Waals surface area contributed by atoms with Gasteiger partial charge in [0.05, 0.1) is 11.5 Å². The largest absolute Gasteiger partial charge is 0.494 e. The molecule has 0 bridgehead atoms. The maximum absolute atomic E-state index is 12.8. The number of rotatable bonds is 9. The lowest BCUT2D eigenvalue weighted by molar-refractivity contribution is -0.123. The van der Waals surface area contributed by atoms with Crippen molar-refractivity contribution in [3.63, 3.8) is 0 Å². The number of sulfonamides is 1. The predicted molar refractivity (Wildman–Crippen MR) is 129 cm³/mol. The molecule has 8 heteroatoms. The van der Waals surface area contributed by atoms with E-state index in [0.29, 0.717) is 29.4 Å². The Balaban J connectivity index is 1.56. The summed E-state index contributed by atoms with van der Waals surface area (Å²) in [4.78, 5) is 12.5. The molecule has 0 aliphatic heterocycles. The summed E-state index contributed by atoms with van der Waals surface area (Å²) in [6.07, 6.45) is 8.05. The van der Waals surface area contributed by atoms with Gasteiger partial charge in [0, 0.05) is 11.7 Å². The summed E-state index contributed by atoms with van der Waals surface area (Å²) >= 11 is 0. The van der Waals surface area contributed by atoms with Crippen LogP contribution >= 0.6 is 0 Å². The van der Waals surface area contributed by atoms with Crippen LogP contribution in [-0.4, -0.2) is 33.6 Å². The van der Waals surface area contributed by atoms with E-state index < -0.39 is 10.0 Å². The third-order valence-electron chi connectivity index (χ3n) is 5.70. The van der Waals surface area contributed by atoms with Crippen LogP contribution in [0.4, 0.5) is 5.69 Å². The van der Waals surface area contributed by atoms with Gasteiger partial charge in [0.1, 0.15) is 11.5 Å². The molecule has 0 heterocycles. The molecular weight excluding hydrogens is 440 g/mol. The smallest absolute Gasteiger partial charge is 0.261 e. The first-order valence-corrected chi connectivity index (χ1v) is 13.1. The van der Waals surface area contributed by atoms with Gasteiger partial charge in [-0.1, -0.05) is 32.1 Å². The Morgan fingerprint density at radius 3 is 2.27 bits per heavy atom. The van der Waals surface area contributed by atoms with E-state index in [0.717, 1.165) is 25.7 Å². The molecule has 2 aromatic carbocycles. The summed E-state index contributed by atoms with van der Waals surface area (Å²) in [5.74, 6) is 1.02. The minimum atomic E-state index is -3.76. The topological polar surface area (TPSA) is 93.7 Å². The van der Waals surface area contributed by atoms with E-state index >= 15 is 0 Å². The van der Waals surface area contributed by atoms with Crippen molar-refractivity contribution in [1.82, 2.24) is 5.32 Å². The number of hydrogen-bond acceptors (Lipinski definition) is 5. The van der Waals surface area contributed by atoms with E-state index in [-0.39, 0.29) is 23.5 Å².